The van der Waals surface area contributed by atoms with Crippen LogP contribution in [0.5, 0.6) is 0 Å². The zero-order chi connectivity index (χ0) is 14.1. The summed E-state index contributed by atoms with van der Waals surface area (Å²) >= 11 is 1.38. The molecule has 0 bridgehead atoms. The standard InChI is InChI=1S/C14H17N3O2S/c1-9-2-4-10(5-3-9)16-12(18)11-8-15-14-17(13(11)19)6-7-20-14/h6-10H,2-5H2,1H3,(H,16,18). The Morgan fingerprint density at radius 2 is 2.15 bits per heavy atom. The number of rotatable bonds is 2. The number of aromatic nitrogens is 2. The fourth-order valence-corrected chi connectivity index (χ4v) is 3.32. The third-order valence-corrected chi connectivity index (χ3v) is 4.71. The van der Waals surface area contributed by atoms with E-state index in [1.807, 2.05) is 0 Å². The van der Waals surface area contributed by atoms with Gasteiger partial charge in [0.2, 0.25) is 0 Å². The highest BCUT2D eigenvalue weighted by molar-refractivity contribution is 7.15. The average Bonchev–Trinajstić information content (AvgIpc) is 2.91. The molecule has 1 fully saturated rings. The van der Waals surface area contributed by atoms with Crippen molar-refractivity contribution < 1.29 is 4.79 Å². The molecular weight excluding hydrogens is 274 g/mol. The molecule has 0 spiro atoms. The fourth-order valence-electron chi connectivity index (χ4n) is 2.65. The smallest absolute Gasteiger partial charge is 0.271 e. The van der Waals surface area contributed by atoms with Gasteiger partial charge in [0.15, 0.2) is 4.96 Å². The van der Waals surface area contributed by atoms with Gasteiger partial charge in [-0.2, -0.15) is 0 Å². The van der Waals surface area contributed by atoms with Gasteiger partial charge in [-0.05, 0) is 31.6 Å². The van der Waals surface area contributed by atoms with Gasteiger partial charge in [-0.25, -0.2) is 4.98 Å². The molecule has 1 saturated carbocycles. The fraction of sp³-hybridized carbons (Fsp3) is 0.500. The lowest BCUT2D eigenvalue weighted by Crippen LogP contribution is -2.40. The van der Waals surface area contributed by atoms with Gasteiger partial charge in [-0.3, -0.25) is 14.0 Å². The maximum Gasteiger partial charge on any atom is 0.271 e. The van der Waals surface area contributed by atoms with E-state index in [0.717, 1.165) is 31.6 Å². The molecule has 1 amide bonds. The molecular formula is C14H17N3O2S. The summed E-state index contributed by atoms with van der Waals surface area (Å²) in [5.74, 6) is 0.431. The number of nitrogens with one attached hydrogen (secondary N) is 1. The van der Waals surface area contributed by atoms with Crippen molar-refractivity contribution in [2.75, 3.05) is 0 Å². The third-order valence-electron chi connectivity index (χ3n) is 3.94. The summed E-state index contributed by atoms with van der Waals surface area (Å²) in [4.78, 5) is 29.2. The highest BCUT2D eigenvalue weighted by atomic mass is 32.1. The lowest BCUT2D eigenvalue weighted by molar-refractivity contribution is 0.0921. The van der Waals surface area contributed by atoms with Gasteiger partial charge in [0, 0.05) is 23.8 Å². The lowest BCUT2D eigenvalue weighted by Gasteiger charge is -2.26. The quantitative estimate of drug-likeness (QED) is 0.921. The van der Waals surface area contributed by atoms with Crippen molar-refractivity contribution in [3.63, 3.8) is 0 Å². The molecule has 1 aliphatic rings. The van der Waals surface area contributed by atoms with Gasteiger partial charge in [0.05, 0.1) is 0 Å². The molecule has 6 heteroatoms. The summed E-state index contributed by atoms with van der Waals surface area (Å²) in [6.07, 6.45) is 7.27. The van der Waals surface area contributed by atoms with Crippen LogP contribution in [0.4, 0.5) is 0 Å². The molecule has 0 radical (unpaired) electrons. The first kappa shape index (κ1) is 13.3. The Hall–Kier alpha value is -1.69. The molecule has 3 rings (SSSR count). The first-order valence-corrected chi connectivity index (χ1v) is 7.79. The van der Waals surface area contributed by atoms with Crippen LogP contribution >= 0.6 is 11.3 Å². The van der Waals surface area contributed by atoms with E-state index < -0.39 is 0 Å². The van der Waals surface area contributed by atoms with Crippen molar-refractivity contribution in [1.29, 1.82) is 0 Å². The van der Waals surface area contributed by atoms with E-state index in [2.05, 4.69) is 17.2 Å². The van der Waals surface area contributed by atoms with E-state index in [-0.39, 0.29) is 23.1 Å². The van der Waals surface area contributed by atoms with E-state index in [9.17, 15) is 9.59 Å². The number of nitrogens with zero attached hydrogens (tertiary/aromatic N) is 2. The number of carbonyl (C=O) groups is 1. The summed E-state index contributed by atoms with van der Waals surface area (Å²) in [5, 5.41) is 4.75. The molecule has 2 aromatic heterocycles. The normalized spacial score (nSPS) is 22.9. The molecule has 0 unspecified atom stereocenters. The minimum atomic E-state index is -0.303. The predicted molar refractivity (Wildman–Crippen MR) is 78.2 cm³/mol. The molecule has 0 atom stereocenters. The number of fused-ring (bicyclic) bond motifs is 1. The first-order valence-electron chi connectivity index (χ1n) is 6.91. The second-order valence-corrected chi connectivity index (χ2v) is 6.34. The number of hydrogen-bond acceptors (Lipinski definition) is 4. The summed E-state index contributed by atoms with van der Waals surface area (Å²) < 4.78 is 1.42. The van der Waals surface area contributed by atoms with Crippen LogP contribution in [0.15, 0.2) is 22.6 Å². The van der Waals surface area contributed by atoms with Gasteiger partial charge < -0.3 is 5.32 Å². The Labute approximate surface area is 120 Å². The van der Waals surface area contributed by atoms with Crippen LogP contribution in [-0.4, -0.2) is 21.3 Å². The molecule has 2 aromatic rings. The van der Waals surface area contributed by atoms with Crippen molar-refractivity contribution in [3.8, 4) is 0 Å². The average molecular weight is 291 g/mol. The van der Waals surface area contributed by atoms with E-state index in [1.165, 1.54) is 21.9 Å². The summed E-state index contributed by atoms with van der Waals surface area (Å²) in [5.41, 5.74) is -0.169. The molecule has 5 nitrogen and oxygen atoms in total. The number of amides is 1. The largest absolute Gasteiger partial charge is 0.349 e. The Balaban J connectivity index is 1.78. The Morgan fingerprint density at radius 1 is 1.40 bits per heavy atom. The minimum absolute atomic E-state index is 0.125. The number of hydrogen-bond donors (Lipinski definition) is 1. The van der Waals surface area contributed by atoms with Crippen molar-refractivity contribution >= 4 is 22.2 Å². The Kier molecular flexibility index (Phi) is 3.56. The summed E-state index contributed by atoms with van der Waals surface area (Å²) in [6.45, 7) is 2.23. The molecule has 0 aliphatic heterocycles. The van der Waals surface area contributed by atoms with Crippen LogP contribution in [0.3, 0.4) is 0 Å². The van der Waals surface area contributed by atoms with Crippen molar-refractivity contribution in [1.82, 2.24) is 14.7 Å². The SMILES string of the molecule is CC1CCC(NC(=O)c2cnc3sccn3c2=O)CC1. The van der Waals surface area contributed by atoms with Crippen LogP contribution in [0.2, 0.25) is 0 Å². The van der Waals surface area contributed by atoms with Crippen molar-refractivity contribution in [2.24, 2.45) is 5.92 Å². The van der Waals surface area contributed by atoms with Crippen LogP contribution in [0, 0.1) is 5.92 Å². The highest BCUT2D eigenvalue weighted by Crippen LogP contribution is 2.23. The molecule has 1 N–H and O–H groups in total. The second-order valence-electron chi connectivity index (χ2n) is 5.46. The third kappa shape index (κ3) is 2.47. The number of thiazole rings is 1. The molecule has 20 heavy (non-hydrogen) atoms. The van der Waals surface area contributed by atoms with E-state index in [1.54, 1.807) is 11.6 Å². The lowest BCUT2D eigenvalue weighted by atomic mass is 9.87. The van der Waals surface area contributed by atoms with Crippen molar-refractivity contribution in [3.05, 3.63) is 33.7 Å². The van der Waals surface area contributed by atoms with E-state index in [0.29, 0.717) is 4.96 Å². The summed E-state index contributed by atoms with van der Waals surface area (Å²) in [6, 6.07) is 0.182. The molecule has 106 valence electrons. The first-order chi connectivity index (χ1) is 9.65. The molecule has 2 heterocycles. The maximum absolute atomic E-state index is 12.2. The van der Waals surface area contributed by atoms with Crippen LogP contribution in [-0.2, 0) is 0 Å². The summed E-state index contributed by atoms with van der Waals surface area (Å²) in [7, 11) is 0. The van der Waals surface area contributed by atoms with Crippen molar-refractivity contribution in [2.45, 2.75) is 38.6 Å². The second kappa shape index (κ2) is 5.36. The highest BCUT2D eigenvalue weighted by Gasteiger charge is 2.22. The van der Waals surface area contributed by atoms with Gasteiger partial charge in [0.25, 0.3) is 11.5 Å². The Morgan fingerprint density at radius 3 is 2.90 bits per heavy atom. The zero-order valence-electron chi connectivity index (χ0n) is 11.3. The minimum Gasteiger partial charge on any atom is -0.349 e. The molecule has 0 saturated heterocycles. The van der Waals surface area contributed by atoms with Gasteiger partial charge in [-0.15, -0.1) is 11.3 Å². The molecule has 1 aliphatic carbocycles. The topological polar surface area (TPSA) is 63.5 Å². The van der Waals surface area contributed by atoms with Gasteiger partial charge >= 0.3 is 0 Å². The van der Waals surface area contributed by atoms with Gasteiger partial charge in [-0.1, -0.05) is 6.92 Å². The van der Waals surface area contributed by atoms with Crippen LogP contribution in [0.1, 0.15) is 43.0 Å². The zero-order valence-corrected chi connectivity index (χ0v) is 12.2. The van der Waals surface area contributed by atoms with Crippen LogP contribution < -0.4 is 10.9 Å². The van der Waals surface area contributed by atoms with E-state index >= 15 is 0 Å². The van der Waals surface area contributed by atoms with Crippen LogP contribution in [0.25, 0.3) is 4.96 Å². The predicted octanol–water partition coefficient (Wildman–Crippen LogP) is 2.06. The van der Waals surface area contributed by atoms with E-state index in [4.69, 9.17) is 0 Å². The van der Waals surface area contributed by atoms with Gasteiger partial charge in [0.1, 0.15) is 5.56 Å². The monoisotopic (exact) mass is 291 g/mol. The Bertz CT molecular complexity index is 683. The number of carbonyl (C=O) groups excluding carboxylic acids is 1. The maximum atomic E-state index is 12.2. The molecule has 0 aromatic carbocycles.